The predicted molar refractivity (Wildman–Crippen MR) is 199 cm³/mol. The Hall–Kier alpha value is -4.62. The minimum Gasteiger partial charge on any atom is -0.508 e. The molecule has 50 heavy (non-hydrogen) atoms. The van der Waals surface area contributed by atoms with Gasteiger partial charge in [-0.15, -0.1) is 0 Å². The molecule has 3 atom stereocenters. The summed E-state index contributed by atoms with van der Waals surface area (Å²) in [4.78, 5) is 31.5. The number of hydrogen-bond acceptors (Lipinski definition) is 6. The highest BCUT2D eigenvalue weighted by molar-refractivity contribution is 6.00. The molecule has 0 bridgehead atoms. The minimum absolute atomic E-state index is 0.167. The number of nitrogens with zero attached hydrogens (tertiary/aromatic N) is 3. The van der Waals surface area contributed by atoms with Crippen LogP contribution in [0.2, 0.25) is 0 Å². The quantitative estimate of drug-likeness (QED) is 0.211. The number of piperidine rings is 2. The van der Waals surface area contributed by atoms with Crippen LogP contribution in [-0.4, -0.2) is 67.6 Å². The maximum Gasteiger partial charge on any atom is 0.234 e. The number of fused-ring (bicyclic) bond motifs is 1. The van der Waals surface area contributed by atoms with E-state index in [1.165, 1.54) is 53.0 Å². The molecule has 4 aromatic rings. The number of aryl methyl sites for hydroxylation is 1. The van der Waals surface area contributed by atoms with Gasteiger partial charge in [-0.1, -0.05) is 60.7 Å². The molecule has 1 unspecified atom stereocenters. The number of imide groups is 1. The lowest BCUT2D eigenvalue weighted by Gasteiger charge is -2.40. The third-order valence-electron chi connectivity index (χ3n) is 11.8. The summed E-state index contributed by atoms with van der Waals surface area (Å²) in [6.07, 6.45) is 5.51. The molecular weight excluding hydrogens is 620 g/mol. The molecule has 4 aromatic carbocycles. The van der Waals surface area contributed by atoms with Crippen molar-refractivity contribution in [1.29, 1.82) is 0 Å². The highest BCUT2D eigenvalue weighted by atomic mass is 16.3. The van der Waals surface area contributed by atoms with Crippen molar-refractivity contribution in [3.8, 4) is 5.75 Å². The highest BCUT2D eigenvalue weighted by Gasteiger charge is 2.33. The van der Waals surface area contributed by atoms with Gasteiger partial charge in [0.1, 0.15) is 5.75 Å². The first-order valence-corrected chi connectivity index (χ1v) is 18.6. The standard InChI is InChI=1S/C43H48N4O3/c48-37-15-17-39-34(28-37)10-16-38(31-4-2-1-3-5-31)42(39)33-8-13-35(14-9-33)46-22-20-30(21-23-46)29-45-24-26-47(27-25-45)36-11-6-32(7-12-36)40-18-19-41(49)44-43(40)50/h1-9,11-15,17,28,30,38,40,42,48H,10,16,18-27,29H2,(H,44,49,50)/t38-,40?,42+/m1/s1. The van der Waals surface area contributed by atoms with Crippen molar-refractivity contribution in [2.45, 2.75) is 56.3 Å². The van der Waals surface area contributed by atoms with Crippen molar-refractivity contribution in [3.63, 3.8) is 0 Å². The van der Waals surface area contributed by atoms with Gasteiger partial charge in [0.25, 0.3) is 0 Å². The van der Waals surface area contributed by atoms with Gasteiger partial charge >= 0.3 is 0 Å². The smallest absolute Gasteiger partial charge is 0.234 e. The molecule has 0 aromatic heterocycles. The molecule has 3 aliphatic heterocycles. The normalized spacial score (nSPS) is 23.4. The van der Waals surface area contributed by atoms with Crippen LogP contribution < -0.4 is 15.1 Å². The number of phenols is 1. The number of piperazine rings is 1. The molecule has 3 saturated heterocycles. The van der Waals surface area contributed by atoms with Crippen LogP contribution in [0, 0.1) is 5.92 Å². The third-order valence-corrected chi connectivity index (χ3v) is 11.8. The first kappa shape index (κ1) is 32.6. The van der Waals surface area contributed by atoms with Crippen LogP contribution in [0.4, 0.5) is 11.4 Å². The van der Waals surface area contributed by atoms with Crippen LogP contribution in [0.25, 0.3) is 0 Å². The molecule has 7 nitrogen and oxygen atoms in total. The first-order chi connectivity index (χ1) is 24.5. The summed E-state index contributed by atoms with van der Waals surface area (Å²) in [6, 6.07) is 34.7. The molecule has 2 N–H and O–H groups in total. The van der Waals surface area contributed by atoms with E-state index in [4.69, 9.17) is 0 Å². The van der Waals surface area contributed by atoms with Crippen molar-refractivity contribution in [2.75, 3.05) is 55.6 Å². The van der Waals surface area contributed by atoms with Gasteiger partial charge in [-0.05, 0) is 108 Å². The molecule has 3 fully saturated rings. The van der Waals surface area contributed by atoms with E-state index in [-0.39, 0.29) is 23.7 Å². The number of hydrogen-bond donors (Lipinski definition) is 2. The Balaban J connectivity index is 0.842. The van der Waals surface area contributed by atoms with Crippen molar-refractivity contribution in [3.05, 3.63) is 125 Å². The molecule has 0 radical (unpaired) electrons. The van der Waals surface area contributed by atoms with Gasteiger partial charge in [0.05, 0.1) is 5.92 Å². The molecule has 0 saturated carbocycles. The second-order valence-corrected chi connectivity index (χ2v) is 14.8. The summed E-state index contributed by atoms with van der Waals surface area (Å²) in [7, 11) is 0. The van der Waals surface area contributed by atoms with E-state index in [1.807, 2.05) is 12.1 Å². The van der Waals surface area contributed by atoms with E-state index in [9.17, 15) is 14.7 Å². The predicted octanol–water partition coefficient (Wildman–Crippen LogP) is 6.81. The van der Waals surface area contributed by atoms with Gasteiger partial charge in [0.15, 0.2) is 0 Å². The van der Waals surface area contributed by atoms with Crippen molar-refractivity contribution in [2.24, 2.45) is 5.92 Å². The fourth-order valence-corrected chi connectivity index (χ4v) is 9.03. The molecule has 2 amide bonds. The average molecular weight is 669 g/mol. The molecule has 0 spiro atoms. The summed E-state index contributed by atoms with van der Waals surface area (Å²) in [5, 5.41) is 12.7. The summed E-state index contributed by atoms with van der Waals surface area (Å²) in [5.74, 6) is 1.21. The number of phenolic OH excluding ortho intramolecular Hbond substituents is 1. The van der Waals surface area contributed by atoms with Crippen LogP contribution in [0.3, 0.4) is 0 Å². The summed E-state index contributed by atoms with van der Waals surface area (Å²) >= 11 is 0. The summed E-state index contributed by atoms with van der Waals surface area (Å²) in [5.41, 5.74) is 8.90. The number of anilines is 2. The summed E-state index contributed by atoms with van der Waals surface area (Å²) in [6.45, 7) is 7.55. The van der Waals surface area contributed by atoms with Gasteiger partial charge in [0.2, 0.25) is 11.8 Å². The van der Waals surface area contributed by atoms with Crippen LogP contribution in [0.5, 0.6) is 5.75 Å². The first-order valence-electron chi connectivity index (χ1n) is 18.6. The van der Waals surface area contributed by atoms with E-state index in [2.05, 4.69) is 105 Å². The largest absolute Gasteiger partial charge is 0.508 e. The van der Waals surface area contributed by atoms with Crippen molar-refractivity contribution < 1.29 is 14.7 Å². The lowest BCUT2D eigenvalue weighted by Crippen LogP contribution is -2.49. The molecule has 7 heteroatoms. The Morgan fingerprint density at radius 1 is 0.640 bits per heavy atom. The number of rotatable bonds is 7. The monoisotopic (exact) mass is 668 g/mol. The van der Waals surface area contributed by atoms with E-state index in [0.717, 1.165) is 63.6 Å². The SMILES string of the molecule is O=C1CCC(c2ccc(N3CCN(CC4CCN(c5ccc([C@@H]6c7ccc(O)cc7CC[C@@H]6c6ccccc6)cc5)CC4)CC3)cc2)C(=O)N1. The van der Waals surface area contributed by atoms with Gasteiger partial charge in [-0.25, -0.2) is 0 Å². The van der Waals surface area contributed by atoms with E-state index >= 15 is 0 Å². The fourth-order valence-electron chi connectivity index (χ4n) is 9.03. The van der Waals surface area contributed by atoms with Gasteiger partial charge in [-0.3, -0.25) is 19.8 Å². The highest BCUT2D eigenvalue weighted by Crippen LogP contribution is 2.47. The second-order valence-electron chi connectivity index (χ2n) is 14.8. The zero-order valence-corrected chi connectivity index (χ0v) is 28.8. The van der Waals surface area contributed by atoms with Gasteiger partial charge in [0, 0.05) is 69.5 Å². The van der Waals surface area contributed by atoms with E-state index in [1.54, 1.807) is 0 Å². The Bertz CT molecular complexity index is 1790. The molecule has 1 aliphatic carbocycles. The van der Waals surface area contributed by atoms with Crippen LogP contribution in [0.1, 0.15) is 77.7 Å². The number of amides is 2. The number of carbonyl (C=O) groups is 2. The Labute approximate surface area is 295 Å². The Morgan fingerprint density at radius 2 is 1.30 bits per heavy atom. The molecule has 258 valence electrons. The molecule has 3 heterocycles. The zero-order valence-electron chi connectivity index (χ0n) is 28.8. The number of benzene rings is 4. The van der Waals surface area contributed by atoms with E-state index in [0.29, 0.717) is 24.5 Å². The number of carbonyl (C=O) groups excluding carboxylic acids is 2. The van der Waals surface area contributed by atoms with Crippen molar-refractivity contribution >= 4 is 23.2 Å². The molecule has 4 aliphatic rings. The van der Waals surface area contributed by atoms with Crippen molar-refractivity contribution in [1.82, 2.24) is 10.2 Å². The van der Waals surface area contributed by atoms with E-state index < -0.39 is 0 Å². The van der Waals surface area contributed by atoms with Gasteiger partial charge in [-0.2, -0.15) is 0 Å². The van der Waals surface area contributed by atoms with Crippen LogP contribution in [0.15, 0.2) is 97.1 Å². The number of aromatic hydroxyl groups is 1. The second kappa shape index (κ2) is 14.3. The third kappa shape index (κ3) is 6.88. The maximum atomic E-state index is 12.3. The minimum atomic E-state index is -0.228. The zero-order chi connectivity index (χ0) is 34.0. The topological polar surface area (TPSA) is 76.1 Å². The molecule has 8 rings (SSSR count). The van der Waals surface area contributed by atoms with Crippen LogP contribution in [-0.2, 0) is 16.0 Å². The maximum absolute atomic E-state index is 12.3. The van der Waals surface area contributed by atoms with Gasteiger partial charge < -0.3 is 14.9 Å². The lowest BCUT2D eigenvalue weighted by molar-refractivity contribution is -0.134. The summed E-state index contributed by atoms with van der Waals surface area (Å²) < 4.78 is 0. The Kier molecular flexibility index (Phi) is 9.33. The fraction of sp³-hybridized carbons (Fsp3) is 0.395. The number of nitrogens with one attached hydrogen (secondary N) is 1. The average Bonchev–Trinajstić information content (AvgIpc) is 3.15. The lowest BCUT2D eigenvalue weighted by atomic mass is 9.69. The van der Waals surface area contributed by atoms with Crippen LogP contribution >= 0.6 is 0 Å². The Morgan fingerprint density at radius 3 is 1.98 bits per heavy atom. The molecular formula is C43H48N4O3.